The first kappa shape index (κ1) is 52.3. The van der Waals surface area contributed by atoms with Crippen molar-refractivity contribution in [3.05, 3.63) is 0 Å². The molecule has 60 heavy (non-hydrogen) atoms. The molecule has 0 unspecified atom stereocenters. The summed E-state index contributed by atoms with van der Waals surface area (Å²) in [4.78, 5) is 97.3. The Morgan fingerprint density at radius 3 is 1.40 bits per heavy atom. The number of carbonyl (C=O) groups excluding carboxylic acids is 8. The standard InChI is InChI=1S/C40H63NO18S/c1-23(42)41-33-36(54-27(5)46)34(59-40-38(56-29(7)48)37(55-28(6)47)35(53-26(4)45)32(58-40)22-52-25(3)44)31(21-51-24(2)43)57-39(33)50-19-17-15-13-11-9-10-12-14-16-18-20-60-30(8)49/h31-40H,9-22H2,1-8H3,(H,41,42)/t31-,32-,33+,34-,35+,36-,37+,38-,39+,40+/m1/s1. The van der Waals surface area contributed by atoms with Gasteiger partial charge in [-0.3, -0.25) is 38.4 Å². The van der Waals surface area contributed by atoms with E-state index in [1.807, 2.05) is 0 Å². The van der Waals surface area contributed by atoms with Crippen molar-refractivity contribution in [1.29, 1.82) is 0 Å². The molecule has 0 aromatic heterocycles. The molecule has 0 aromatic rings. The Kier molecular flexibility index (Phi) is 24.3. The van der Waals surface area contributed by atoms with Crippen LogP contribution < -0.4 is 5.32 Å². The van der Waals surface area contributed by atoms with Crippen LogP contribution in [0.15, 0.2) is 0 Å². The van der Waals surface area contributed by atoms with Crippen molar-refractivity contribution in [2.45, 2.75) is 181 Å². The van der Waals surface area contributed by atoms with Gasteiger partial charge in [-0.2, -0.15) is 0 Å². The predicted molar refractivity (Wildman–Crippen MR) is 211 cm³/mol. The van der Waals surface area contributed by atoms with Crippen molar-refractivity contribution in [1.82, 2.24) is 5.32 Å². The number of hydrogen-bond acceptors (Lipinski definition) is 19. The third-order valence-corrected chi connectivity index (χ3v) is 10.0. The number of nitrogens with one attached hydrogen (secondary N) is 1. The number of carbonyl (C=O) groups is 8. The summed E-state index contributed by atoms with van der Waals surface area (Å²) in [6, 6.07) is -1.21. The summed E-state index contributed by atoms with van der Waals surface area (Å²) in [5.74, 6) is -4.51. The van der Waals surface area contributed by atoms with Crippen molar-refractivity contribution in [2.24, 2.45) is 0 Å². The molecule has 342 valence electrons. The van der Waals surface area contributed by atoms with E-state index in [0.29, 0.717) is 6.42 Å². The SMILES string of the molecule is CC(=O)N[C@@H]1[C@@H](OCCCCCCCCCCCCSC(C)=O)O[C@H](COC(C)=O)[C@@H](O[C@@H]2O[C@H](COC(C)=O)[C@H](OC(C)=O)[C@H](OC(C)=O)[C@H]2OC(C)=O)[C@@H]1OC(C)=O. The molecule has 2 saturated heterocycles. The second kappa shape index (κ2) is 27.9. The monoisotopic (exact) mass is 877 g/mol. The van der Waals surface area contributed by atoms with E-state index in [-0.39, 0.29) is 11.7 Å². The molecule has 0 bridgehead atoms. The lowest BCUT2D eigenvalue weighted by molar-refractivity contribution is -0.350. The summed E-state index contributed by atoms with van der Waals surface area (Å²) in [6.07, 6.45) is -3.12. The molecule has 10 atom stereocenters. The van der Waals surface area contributed by atoms with Crippen LogP contribution in [0.3, 0.4) is 0 Å². The molecule has 2 aliphatic rings. The first-order chi connectivity index (χ1) is 28.4. The average molecular weight is 878 g/mol. The summed E-state index contributed by atoms with van der Waals surface area (Å²) in [6.45, 7) is 8.58. The molecule has 0 saturated carbocycles. The van der Waals surface area contributed by atoms with Gasteiger partial charge in [-0.05, 0) is 12.8 Å². The van der Waals surface area contributed by atoms with Crippen LogP contribution in [0.2, 0.25) is 0 Å². The minimum absolute atomic E-state index is 0.153. The second-order valence-electron chi connectivity index (χ2n) is 14.6. The van der Waals surface area contributed by atoms with Gasteiger partial charge in [-0.15, -0.1) is 0 Å². The zero-order valence-electron chi connectivity index (χ0n) is 35.9. The van der Waals surface area contributed by atoms with Gasteiger partial charge in [-0.1, -0.05) is 63.1 Å². The zero-order chi connectivity index (χ0) is 44.8. The second-order valence-corrected chi connectivity index (χ2v) is 15.8. The number of thioether (sulfide) groups is 1. The highest BCUT2D eigenvalue weighted by atomic mass is 32.2. The van der Waals surface area contributed by atoms with E-state index in [1.165, 1.54) is 18.7 Å². The van der Waals surface area contributed by atoms with Crippen LogP contribution in [-0.4, -0.2) is 134 Å². The normalized spacial score (nSPS) is 26.2. The van der Waals surface area contributed by atoms with Gasteiger partial charge in [0, 0.05) is 67.7 Å². The number of ether oxygens (including phenoxy) is 10. The van der Waals surface area contributed by atoms with Gasteiger partial charge in [0.2, 0.25) is 5.91 Å². The number of rotatable bonds is 25. The van der Waals surface area contributed by atoms with E-state index in [0.717, 1.165) is 105 Å². The quantitative estimate of drug-likeness (QED) is 0.0785. The first-order valence-corrected chi connectivity index (χ1v) is 21.3. The van der Waals surface area contributed by atoms with E-state index >= 15 is 0 Å². The van der Waals surface area contributed by atoms with E-state index in [4.69, 9.17) is 47.4 Å². The van der Waals surface area contributed by atoms with Crippen molar-refractivity contribution in [3.8, 4) is 0 Å². The van der Waals surface area contributed by atoms with Crippen LogP contribution in [0.5, 0.6) is 0 Å². The Hall–Kier alpha value is -3.85. The minimum Gasteiger partial charge on any atom is -0.463 e. The summed E-state index contributed by atoms with van der Waals surface area (Å²) < 4.78 is 57.7. The highest BCUT2D eigenvalue weighted by Crippen LogP contribution is 2.35. The molecule has 1 amide bonds. The topological polar surface area (TPSA) is 241 Å². The van der Waals surface area contributed by atoms with E-state index in [2.05, 4.69) is 5.32 Å². The Labute approximate surface area is 355 Å². The third-order valence-electron chi connectivity index (χ3n) is 9.13. The van der Waals surface area contributed by atoms with E-state index < -0.39 is 116 Å². The van der Waals surface area contributed by atoms with Gasteiger partial charge in [0.15, 0.2) is 42.1 Å². The van der Waals surface area contributed by atoms with E-state index in [1.54, 1.807) is 6.92 Å². The Bertz CT molecular complexity index is 1430. The highest BCUT2D eigenvalue weighted by molar-refractivity contribution is 8.13. The number of hydrogen-bond donors (Lipinski definition) is 1. The molecular weight excluding hydrogens is 814 g/mol. The number of unbranched alkanes of at least 4 members (excludes halogenated alkanes) is 9. The van der Waals surface area contributed by atoms with Crippen LogP contribution in [-0.2, 0) is 85.7 Å². The van der Waals surface area contributed by atoms with Crippen molar-refractivity contribution >= 4 is 58.6 Å². The van der Waals surface area contributed by atoms with Gasteiger partial charge in [0.05, 0.1) is 0 Å². The van der Waals surface area contributed by atoms with Crippen molar-refractivity contribution < 1.29 is 85.7 Å². The fourth-order valence-corrected chi connectivity index (χ4v) is 7.39. The lowest BCUT2D eigenvalue weighted by Crippen LogP contribution is -2.69. The lowest BCUT2D eigenvalue weighted by Gasteiger charge is -2.49. The molecule has 0 aromatic carbocycles. The molecule has 1 N–H and O–H groups in total. The van der Waals surface area contributed by atoms with Crippen molar-refractivity contribution in [3.63, 3.8) is 0 Å². The third kappa shape index (κ3) is 20.1. The molecule has 19 nitrogen and oxygen atoms in total. The average Bonchev–Trinajstić information content (AvgIpc) is 3.13. The largest absolute Gasteiger partial charge is 0.463 e. The molecule has 2 heterocycles. The summed E-state index contributed by atoms with van der Waals surface area (Å²) in [7, 11) is 0. The number of amides is 1. The Morgan fingerprint density at radius 2 is 0.917 bits per heavy atom. The molecule has 0 aliphatic carbocycles. The maximum atomic E-state index is 12.7. The van der Waals surface area contributed by atoms with Gasteiger partial charge >= 0.3 is 35.8 Å². The lowest BCUT2D eigenvalue weighted by atomic mass is 9.94. The molecular formula is C40H63NO18S. The van der Waals surface area contributed by atoms with Crippen molar-refractivity contribution in [2.75, 3.05) is 25.6 Å². The van der Waals surface area contributed by atoms with Crippen LogP contribution in [0, 0.1) is 0 Å². The Balaban J connectivity index is 2.34. The number of esters is 6. The first-order valence-electron chi connectivity index (χ1n) is 20.3. The minimum atomic E-state index is -1.75. The highest BCUT2D eigenvalue weighted by Gasteiger charge is 2.57. The molecule has 2 fully saturated rings. The Morgan fingerprint density at radius 1 is 0.483 bits per heavy atom. The zero-order valence-corrected chi connectivity index (χ0v) is 36.7. The molecule has 2 rings (SSSR count). The van der Waals surface area contributed by atoms with Crippen LogP contribution in [0.4, 0.5) is 0 Å². The smallest absolute Gasteiger partial charge is 0.303 e. The van der Waals surface area contributed by atoms with Crippen LogP contribution >= 0.6 is 11.8 Å². The fourth-order valence-electron chi connectivity index (χ4n) is 6.75. The van der Waals surface area contributed by atoms with Gasteiger partial charge in [0.1, 0.15) is 37.6 Å². The maximum Gasteiger partial charge on any atom is 0.303 e. The summed E-state index contributed by atoms with van der Waals surface area (Å²) in [5, 5.41) is 2.86. The fraction of sp³-hybridized carbons (Fsp3) is 0.800. The summed E-state index contributed by atoms with van der Waals surface area (Å²) >= 11 is 1.37. The van der Waals surface area contributed by atoms with Gasteiger partial charge in [-0.25, -0.2) is 0 Å². The van der Waals surface area contributed by atoms with Crippen LogP contribution in [0.25, 0.3) is 0 Å². The molecule has 0 radical (unpaired) electrons. The van der Waals surface area contributed by atoms with Gasteiger partial charge < -0.3 is 52.7 Å². The maximum absolute atomic E-state index is 12.7. The summed E-state index contributed by atoms with van der Waals surface area (Å²) in [5.41, 5.74) is 0. The molecule has 2 aliphatic heterocycles. The predicted octanol–water partition coefficient (Wildman–Crippen LogP) is 3.38. The molecule has 20 heteroatoms. The van der Waals surface area contributed by atoms with E-state index in [9.17, 15) is 38.4 Å². The van der Waals surface area contributed by atoms with Gasteiger partial charge in [0.25, 0.3) is 0 Å². The molecule has 0 spiro atoms. The van der Waals surface area contributed by atoms with Crippen LogP contribution in [0.1, 0.15) is 120 Å².